The fourth-order valence-corrected chi connectivity index (χ4v) is 3.60. The highest BCUT2D eigenvalue weighted by atomic mass is 32.2. The zero-order valence-electron chi connectivity index (χ0n) is 9.32. The lowest BCUT2D eigenvalue weighted by Gasteiger charge is -2.36. The number of thioether (sulfide) groups is 1. The Bertz CT molecular complexity index is 385. The molecule has 2 aliphatic rings. The van der Waals surface area contributed by atoms with Crippen LogP contribution in [0.4, 0.5) is 0 Å². The van der Waals surface area contributed by atoms with Gasteiger partial charge in [0.1, 0.15) is 0 Å². The Morgan fingerprint density at radius 1 is 1.50 bits per heavy atom. The van der Waals surface area contributed by atoms with Gasteiger partial charge in [0.15, 0.2) is 5.16 Å². The molecule has 2 aliphatic heterocycles. The van der Waals surface area contributed by atoms with Crippen molar-refractivity contribution in [1.82, 2.24) is 9.55 Å². The van der Waals surface area contributed by atoms with Crippen LogP contribution in [0.2, 0.25) is 0 Å². The Morgan fingerprint density at radius 3 is 3.06 bits per heavy atom. The van der Waals surface area contributed by atoms with Crippen LogP contribution in [-0.2, 0) is 16.7 Å². The smallest absolute Gasteiger partial charge is 0.168 e. The SMILES string of the molecule is NCC1(c2cnc3n2CCS3)CCOCC1. The second-order valence-electron chi connectivity index (χ2n) is 4.52. The lowest BCUT2D eigenvalue weighted by molar-refractivity contribution is 0.0502. The number of nitrogens with zero attached hydrogens (tertiary/aromatic N) is 2. The summed E-state index contributed by atoms with van der Waals surface area (Å²) in [4.78, 5) is 4.49. The average molecular weight is 239 g/mol. The first-order chi connectivity index (χ1) is 7.86. The molecule has 1 fully saturated rings. The molecule has 1 saturated heterocycles. The summed E-state index contributed by atoms with van der Waals surface area (Å²) in [6.45, 7) is 3.43. The summed E-state index contributed by atoms with van der Waals surface area (Å²) in [6, 6.07) is 0. The molecule has 3 heterocycles. The van der Waals surface area contributed by atoms with Gasteiger partial charge in [0.05, 0.1) is 0 Å². The second-order valence-corrected chi connectivity index (χ2v) is 5.59. The molecular weight excluding hydrogens is 222 g/mol. The van der Waals surface area contributed by atoms with Gasteiger partial charge in [-0.1, -0.05) is 11.8 Å². The number of imidazole rings is 1. The van der Waals surface area contributed by atoms with E-state index in [4.69, 9.17) is 10.5 Å². The summed E-state index contributed by atoms with van der Waals surface area (Å²) < 4.78 is 7.80. The van der Waals surface area contributed by atoms with Crippen LogP contribution in [0.15, 0.2) is 11.4 Å². The number of nitrogens with two attached hydrogens (primary N) is 1. The lowest BCUT2D eigenvalue weighted by Crippen LogP contribution is -2.42. The first-order valence-electron chi connectivity index (χ1n) is 5.82. The minimum absolute atomic E-state index is 0.106. The van der Waals surface area contributed by atoms with Crippen molar-refractivity contribution in [3.63, 3.8) is 0 Å². The van der Waals surface area contributed by atoms with Gasteiger partial charge in [-0.3, -0.25) is 0 Å². The van der Waals surface area contributed by atoms with E-state index in [1.54, 1.807) is 0 Å². The van der Waals surface area contributed by atoms with Crippen LogP contribution in [0.25, 0.3) is 0 Å². The van der Waals surface area contributed by atoms with Crippen molar-refractivity contribution in [2.75, 3.05) is 25.5 Å². The number of hydrogen-bond donors (Lipinski definition) is 1. The Hall–Kier alpha value is -0.520. The second kappa shape index (κ2) is 4.05. The van der Waals surface area contributed by atoms with E-state index in [1.165, 1.54) is 5.69 Å². The molecule has 16 heavy (non-hydrogen) atoms. The number of hydrogen-bond acceptors (Lipinski definition) is 4. The van der Waals surface area contributed by atoms with Crippen molar-refractivity contribution in [1.29, 1.82) is 0 Å². The monoisotopic (exact) mass is 239 g/mol. The lowest BCUT2D eigenvalue weighted by atomic mass is 9.77. The summed E-state index contributed by atoms with van der Waals surface area (Å²) >= 11 is 1.84. The van der Waals surface area contributed by atoms with E-state index in [2.05, 4.69) is 9.55 Å². The summed E-state index contributed by atoms with van der Waals surface area (Å²) in [7, 11) is 0. The molecule has 0 unspecified atom stereocenters. The van der Waals surface area contributed by atoms with Gasteiger partial charge in [0.25, 0.3) is 0 Å². The molecule has 4 nitrogen and oxygen atoms in total. The quantitative estimate of drug-likeness (QED) is 0.836. The maximum atomic E-state index is 6.02. The van der Waals surface area contributed by atoms with Crippen molar-refractivity contribution >= 4 is 11.8 Å². The maximum Gasteiger partial charge on any atom is 0.168 e. The van der Waals surface area contributed by atoms with Crippen LogP contribution >= 0.6 is 11.8 Å². The zero-order chi connectivity index (χ0) is 11.0. The molecule has 0 radical (unpaired) electrons. The van der Waals surface area contributed by atoms with Crippen LogP contribution in [0, 0.1) is 0 Å². The standard InChI is InChI=1S/C11H17N3OS/c12-8-11(1-4-15-5-2-11)9-7-13-10-14(9)3-6-16-10/h7H,1-6,8,12H2. The van der Waals surface area contributed by atoms with Gasteiger partial charge >= 0.3 is 0 Å². The molecule has 1 aromatic heterocycles. The molecule has 0 bridgehead atoms. The van der Waals surface area contributed by atoms with E-state index in [9.17, 15) is 0 Å². The van der Waals surface area contributed by atoms with Crippen LogP contribution in [-0.4, -0.2) is 35.1 Å². The summed E-state index contributed by atoms with van der Waals surface area (Å²) in [5.74, 6) is 1.15. The molecule has 0 aromatic carbocycles. The number of fused-ring (bicyclic) bond motifs is 1. The molecule has 3 rings (SSSR count). The fourth-order valence-electron chi connectivity index (χ4n) is 2.67. The van der Waals surface area contributed by atoms with Gasteiger partial charge in [-0.15, -0.1) is 0 Å². The Balaban J connectivity index is 1.99. The molecule has 0 atom stereocenters. The van der Waals surface area contributed by atoms with Crippen LogP contribution in [0.5, 0.6) is 0 Å². The first kappa shape index (κ1) is 10.6. The topological polar surface area (TPSA) is 53.1 Å². The fraction of sp³-hybridized carbons (Fsp3) is 0.727. The van der Waals surface area contributed by atoms with Crippen molar-refractivity contribution in [3.8, 4) is 0 Å². The van der Waals surface area contributed by atoms with Crippen LogP contribution in [0.1, 0.15) is 18.5 Å². The highest BCUT2D eigenvalue weighted by molar-refractivity contribution is 7.99. The minimum Gasteiger partial charge on any atom is -0.381 e. The number of ether oxygens (including phenoxy) is 1. The van der Waals surface area contributed by atoms with E-state index >= 15 is 0 Å². The molecule has 0 amide bonds. The van der Waals surface area contributed by atoms with E-state index in [-0.39, 0.29) is 5.41 Å². The van der Waals surface area contributed by atoms with Gasteiger partial charge in [0, 0.05) is 49.4 Å². The highest BCUT2D eigenvalue weighted by Gasteiger charge is 2.37. The predicted octanol–water partition coefficient (Wildman–Crippen LogP) is 0.996. The first-order valence-corrected chi connectivity index (χ1v) is 6.81. The molecule has 0 spiro atoms. The maximum absolute atomic E-state index is 6.02. The van der Waals surface area contributed by atoms with Gasteiger partial charge in [-0.05, 0) is 12.8 Å². The molecule has 88 valence electrons. The van der Waals surface area contributed by atoms with Crippen molar-refractivity contribution in [3.05, 3.63) is 11.9 Å². The van der Waals surface area contributed by atoms with Crippen LogP contribution < -0.4 is 5.73 Å². The third kappa shape index (κ3) is 1.49. The van der Waals surface area contributed by atoms with Gasteiger partial charge in [-0.2, -0.15) is 0 Å². The van der Waals surface area contributed by atoms with E-state index in [0.29, 0.717) is 6.54 Å². The number of aromatic nitrogens is 2. The Labute approximate surface area is 99.6 Å². The predicted molar refractivity (Wildman–Crippen MR) is 63.7 cm³/mol. The average Bonchev–Trinajstić information content (AvgIpc) is 2.91. The largest absolute Gasteiger partial charge is 0.381 e. The molecule has 0 aliphatic carbocycles. The molecule has 2 N–H and O–H groups in total. The normalized spacial score (nSPS) is 23.3. The molecule has 0 saturated carbocycles. The summed E-state index contributed by atoms with van der Waals surface area (Å²) in [5, 5.41) is 1.16. The van der Waals surface area contributed by atoms with Gasteiger partial charge in [-0.25, -0.2) is 4.98 Å². The van der Waals surface area contributed by atoms with E-state index in [0.717, 1.165) is 43.5 Å². The summed E-state index contributed by atoms with van der Waals surface area (Å²) in [6.07, 6.45) is 4.08. The minimum atomic E-state index is 0.106. The van der Waals surface area contributed by atoms with Crippen LogP contribution in [0.3, 0.4) is 0 Å². The summed E-state index contributed by atoms with van der Waals surface area (Å²) in [5.41, 5.74) is 7.46. The third-order valence-corrected chi connectivity index (χ3v) is 4.72. The molecule has 5 heteroatoms. The van der Waals surface area contributed by atoms with E-state index in [1.807, 2.05) is 18.0 Å². The third-order valence-electron chi connectivity index (χ3n) is 3.75. The molecule has 1 aromatic rings. The number of rotatable bonds is 2. The van der Waals surface area contributed by atoms with Crippen molar-refractivity contribution < 1.29 is 4.74 Å². The van der Waals surface area contributed by atoms with E-state index < -0.39 is 0 Å². The Kier molecular flexibility index (Phi) is 2.69. The van der Waals surface area contributed by atoms with Gasteiger partial charge < -0.3 is 15.0 Å². The van der Waals surface area contributed by atoms with Gasteiger partial charge in [0.2, 0.25) is 0 Å². The zero-order valence-corrected chi connectivity index (χ0v) is 10.1. The van der Waals surface area contributed by atoms with Crippen molar-refractivity contribution in [2.24, 2.45) is 5.73 Å². The molecular formula is C11H17N3OS. The van der Waals surface area contributed by atoms with Crippen molar-refractivity contribution in [2.45, 2.75) is 30.0 Å². The Morgan fingerprint density at radius 2 is 2.31 bits per heavy atom. The highest BCUT2D eigenvalue weighted by Crippen LogP contribution is 2.37.